The molecule has 0 radical (unpaired) electrons. The third kappa shape index (κ3) is 3.89. The molecule has 2 rings (SSSR count). The van der Waals surface area contributed by atoms with Crippen molar-refractivity contribution >= 4 is 5.97 Å². The molecule has 0 spiro atoms. The number of pyridine rings is 1. The highest BCUT2D eigenvalue weighted by atomic mass is 16.5. The van der Waals surface area contributed by atoms with Crippen LogP contribution in [0, 0.1) is 0 Å². The van der Waals surface area contributed by atoms with Gasteiger partial charge in [0.2, 0.25) is 0 Å². The minimum atomic E-state index is -0.385. The number of carbonyl (C=O) groups is 1. The van der Waals surface area contributed by atoms with Crippen LogP contribution in [-0.2, 0) is 22.7 Å². The van der Waals surface area contributed by atoms with Crippen LogP contribution in [0.1, 0.15) is 21.6 Å². The Labute approximate surface area is 112 Å². The van der Waals surface area contributed by atoms with Gasteiger partial charge in [0.1, 0.15) is 0 Å². The molecule has 1 aromatic carbocycles. The van der Waals surface area contributed by atoms with Gasteiger partial charge in [0.15, 0.2) is 0 Å². The maximum absolute atomic E-state index is 11.2. The highest BCUT2D eigenvalue weighted by molar-refractivity contribution is 5.88. The van der Waals surface area contributed by atoms with E-state index in [-0.39, 0.29) is 5.97 Å². The molecule has 19 heavy (non-hydrogen) atoms. The van der Waals surface area contributed by atoms with Crippen LogP contribution in [0.15, 0.2) is 48.7 Å². The molecule has 0 N–H and O–H groups in total. The zero-order valence-electron chi connectivity index (χ0n) is 10.7. The summed E-state index contributed by atoms with van der Waals surface area (Å²) in [7, 11) is 1.35. The summed E-state index contributed by atoms with van der Waals surface area (Å²) in [5.74, 6) is -0.385. The summed E-state index contributed by atoms with van der Waals surface area (Å²) in [6.07, 6.45) is 1.49. The molecule has 4 heteroatoms. The number of aromatic nitrogens is 1. The summed E-state index contributed by atoms with van der Waals surface area (Å²) in [4.78, 5) is 15.4. The van der Waals surface area contributed by atoms with Gasteiger partial charge in [-0.3, -0.25) is 4.98 Å². The predicted octanol–water partition coefficient (Wildman–Crippen LogP) is 2.59. The molecule has 2 aromatic rings. The largest absolute Gasteiger partial charge is 0.465 e. The van der Waals surface area contributed by atoms with Gasteiger partial charge in [0.25, 0.3) is 0 Å². The highest BCUT2D eigenvalue weighted by Gasteiger charge is 2.05. The van der Waals surface area contributed by atoms with Crippen molar-refractivity contribution < 1.29 is 14.3 Å². The number of rotatable bonds is 5. The molecule has 1 heterocycles. The van der Waals surface area contributed by atoms with Crippen LogP contribution in [0.4, 0.5) is 0 Å². The summed E-state index contributed by atoms with van der Waals surface area (Å²) in [6, 6.07) is 13.4. The van der Waals surface area contributed by atoms with Crippen molar-refractivity contribution in [3.8, 4) is 0 Å². The van der Waals surface area contributed by atoms with Gasteiger partial charge in [-0.05, 0) is 17.7 Å². The Bertz CT molecular complexity index is 523. The lowest BCUT2D eigenvalue weighted by Crippen LogP contribution is -2.03. The molecule has 0 aliphatic carbocycles. The van der Waals surface area contributed by atoms with Crippen LogP contribution in [0.3, 0.4) is 0 Å². The fourth-order valence-electron chi connectivity index (χ4n) is 1.60. The molecule has 0 saturated heterocycles. The summed E-state index contributed by atoms with van der Waals surface area (Å²) in [5.41, 5.74) is 2.34. The van der Waals surface area contributed by atoms with Gasteiger partial charge < -0.3 is 9.47 Å². The molecule has 1 aromatic heterocycles. The number of esters is 1. The van der Waals surface area contributed by atoms with E-state index in [0.717, 1.165) is 11.3 Å². The minimum Gasteiger partial charge on any atom is -0.465 e. The highest BCUT2D eigenvalue weighted by Crippen LogP contribution is 2.06. The van der Waals surface area contributed by atoms with E-state index in [1.807, 2.05) is 30.3 Å². The first-order valence-corrected chi connectivity index (χ1v) is 5.94. The van der Waals surface area contributed by atoms with Crippen molar-refractivity contribution in [1.82, 2.24) is 4.98 Å². The van der Waals surface area contributed by atoms with E-state index in [9.17, 15) is 4.79 Å². The quantitative estimate of drug-likeness (QED) is 0.772. The molecular weight excluding hydrogens is 242 g/mol. The molecule has 0 unspecified atom stereocenters. The predicted molar refractivity (Wildman–Crippen MR) is 70.5 cm³/mol. The zero-order valence-corrected chi connectivity index (χ0v) is 10.7. The summed E-state index contributed by atoms with van der Waals surface area (Å²) in [6.45, 7) is 0.956. The molecular formula is C15H15NO3. The van der Waals surface area contributed by atoms with Crippen LogP contribution < -0.4 is 0 Å². The fourth-order valence-corrected chi connectivity index (χ4v) is 1.60. The van der Waals surface area contributed by atoms with Crippen molar-refractivity contribution in [3.05, 3.63) is 65.5 Å². The standard InChI is InChI=1S/C15H15NO3/c1-18-15(17)13-7-8-14(16-9-13)11-19-10-12-5-3-2-4-6-12/h2-9H,10-11H2,1H3. The average Bonchev–Trinajstić information content (AvgIpc) is 2.48. The lowest BCUT2D eigenvalue weighted by atomic mass is 10.2. The SMILES string of the molecule is COC(=O)c1ccc(COCc2ccccc2)nc1. The van der Waals surface area contributed by atoms with Gasteiger partial charge in [-0.15, -0.1) is 0 Å². The number of ether oxygens (including phenoxy) is 2. The number of hydrogen-bond donors (Lipinski definition) is 0. The number of nitrogens with zero attached hydrogens (tertiary/aromatic N) is 1. The Morgan fingerprint density at radius 3 is 2.53 bits per heavy atom. The number of carbonyl (C=O) groups excluding carboxylic acids is 1. The van der Waals surface area contributed by atoms with Crippen LogP contribution in [0.5, 0.6) is 0 Å². The molecule has 0 aliphatic heterocycles. The molecule has 4 nitrogen and oxygen atoms in total. The average molecular weight is 257 g/mol. The molecule has 0 bridgehead atoms. The van der Waals surface area contributed by atoms with Gasteiger partial charge >= 0.3 is 5.97 Å². The Morgan fingerprint density at radius 1 is 1.11 bits per heavy atom. The molecule has 0 fully saturated rings. The van der Waals surface area contributed by atoms with Crippen molar-refractivity contribution in [2.45, 2.75) is 13.2 Å². The van der Waals surface area contributed by atoms with Crippen molar-refractivity contribution in [2.75, 3.05) is 7.11 Å². The van der Waals surface area contributed by atoms with Crippen LogP contribution in [0.2, 0.25) is 0 Å². The number of hydrogen-bond acceptors (Lipinski definition) is 4. The molecule has 0 aliphatic rings. The van der Waals surface area contributed by atoms with Gasteiger partial charge in [-0.2, -0.15) is 0 Å². The Morgan fingerprint density at radius 2 is 1.89 bits per heavy atom. The molecule has 0 amide bonds. The third-order valence-corrected chi connectivity index (χ3v) is 2.61. The van der Waals surface area contributed by atoms with Crippen LogP contribution in [-0.4, -0.2) is 18.1 Å². The van der Waals surface area contributed by atoms with E-state index in [0.29, 0.717) is 18.8 Å². The first-order valence-electron chi connectivity index (χ1n) is 5.94. The summed E-state index contributed by atoms with van der Waals surface area (Å²) >= 11 is 0. The van der Waals surface area contributed by atoms with Gasteiger partial charge in [0, 0.05) is 6.20 Å². The first-order chi connectivity index (χ1) is 9.29. The zero-order chi connectivity index (χ0) is 13.5. The summed E-state index contributed by atoms with van der Waals surface area (Å²) < 4.78 is 10.2. The Kier molecular flexibility index (Phi) is 4.64. The second kappa shape index (κ2) is 6.66. The summed E-state index contributed by atoms with van der Waals surface area (Å²) in [5, 5.41) is 0. The monoisotopic (exact) mass is 257 g/mol. The van der Waals surface area contributed by atoms with E-state index >= 15 is 0 Å². The van der Waals surface area contributed by atoms with E-state index in [2.05, 4.69) is 9.72 Å². The second-order valence-corrected chi connectivity index (χ2v) is 4.01. The fraction of sp³-hybridized carbons (Fsp3) is 0.200. The van der Waals surface area contributed by atoms with Crippen molar-refractivity contribution in [2.24, 2.45) is 0 Å². The van der Waals surface area contributed by atoms with Gasteiger partial charge in [-0.25, -0.2) is 4.79 Å². The normalized spacial score (nSPS) is 10.2. The van der Waals surface area contributed by atoms with E-state index < -0.39 is 0 Å². The second-order valence-electron chi connectivity index (χ2n) is 4.01. The smallest absolute Gasteiger partial charge is 0.339 e. The van der Waals surface area contributed by atoms with Gasteiger partial charge in [0.05, 0.1) is 31.6 Å². The van der Waals surface area contributed by atoms with E-state index in [1.54, 1.807) is 12.1 Å². The van der Waals surface area contributed by atoms with Crippen LogP contribution >= 0.6 is 0 Å². The lowest BCUT2D eigenvalue weighted by molar-refractivity contribution is 0.0600. The molecule has 98 valence electrons. The van der Waals surface area contributed by atoms with Crippen molar-refractivity contribution in [3.63, 3.8) is 0 Å². The Balaban J connectivity index is 1.85. The maximum atomic E-state index is 11.2. The van der Waals surface area contributed by atoms with Crippen LogP contribution in [0.25, 0.3) is 0 Å². The Hall–Kier alpha value is -2.20. The minimum absolute atomic E-state index is 0.385. The van der Waals surface area contributed by atoms with Gasteiger partial charge in [-0.1, -0.05) is 30.3 Å². The lowest BCUT2D eigenvalue weighted by Gasteiger charge is -2.04. The first kappa shape index (κ1) is 13.2. The number of methoxy groups -OCH3 is 1. The van der Waals surface area contributed by atoms with E-state index in [4.69, 9.17) is 4.74 Å². The van der Waals surface area contributed by atoms with Crippen molar-refractivity contribution in [1.29, 1.82) is 0 Å². The topological polar surface area (TPSA) is 48.4 Å². The molecule has 0 atom stereocenters. The van der Waals surface area contributed by atoms with E-state index in [1.165, 1.54) is 13.3 Å². The third-order valence-electron chi connectivity index (χ3n) is 2.61. The molecule has 0 saturated carbocycles. The maximum Gasteiger partial charge on any atom is 0.339 e. The number of benzene rings is 1.